The molecule has 0 saturated carbocycles. The lowest BCUT2D eigenvalue weighted by Crippen LogP contribution is -2.26. The van der Waals surface area contributed by atoms with Gasteiger partial charge >= 0.3 is 0 Å². The van der Waals surface area contributed by atoms with E-state index in [-0.39, 0.29) is 5.56 Å². The average Bonchev–Trinajstić information content (AvgIpc) is 2.85. The summed E-state index contributed by atoms with van der Waals surface area (Å²) in [5.41, 5.74) is 0.635. The minimum Gasteiger partial charge on any atom is -0.482 e. The molecular weight excluding hydrogens is 250 g/mol. The number of halogens is 2. The van der Waals surface area contributed by atoms with Crippen molar-refractivity contribution in [2.45, 2.75) is 12.5 Å². The number of Topliss-reactive ketones (excluding diaryl/α,β-unsaturated/α-hetero) is 1. The van der Waals surface area contributed by atoms with Gasteiger partial charge < -0.3 is 4.74 Å². The first-order valence-corrected chi connectivity index (χ1v) is 5.89. The molecule has 0 saturated heterocycles. The summed E-state index contributed by atoms with van der Waals surface area (Å²) in [5, 5.41) is 0. The van der Waals surface area contributed by atoms with Crippen LogP contribution in [0.4, 0.5) is 8.78 Å². The van der Waals surface area contributed by atoms with E-state index in [0.29, 0.717) is 12.2 Å². The Bertz CT molecular complexity index is 627. The largest absolute Gasteiger partial charge is 0.482 e. The fraction of sp³-hybridized carbons (Fsp3) is 0.133. The van der Waals surface area contributed by atoms with Gasteiger partial charge in [-0.15, -0.1) is 0 Å². The second kappa shape index (κ2) is 4.46. The van der Waals surface area contributed by atoms with Gasteiger partial charge in [0.25, 0.3) is 0 Å². The fourth-order valence-corrected chi connectivity index (χ4v) is 2.20. The molecule has 0 radical (unpaired) electrons. The maximum atomic E-state index is 13.6. The summed E-state index contributed by atoms with van der Waals surface area (Å²) < 4.78 is 32.2. The number of para-hydroxylation sites is 1. The highest BCUT2D eigenvalue weighted by molar-refractivity contribution is 6.00. The lowest BCUT2D eigenvalue weighted by atomic mass is 10.0. The molecule has 0 fully saturated rings. The minimum atomic E-state index is -1.12. The van der Waals surface area contributed by atoms with Crippen LogP contribution in [0.2, 0.25) is 0 Å². The standard InChI is InChI=1S/C15H10F2O2/c16-11-6-3-5-10(14(11)17)15(18)13-8-9-4-1-2-7-12(9)19-13/h1-7,13H,8H2. The summed E-state index contributed by atoms with van der Waals surface area (Å²) in [6, 6.07) is 10.8. The molecule has 1 unspecified atom stereocenters. The Morgan fingerprint density at radius 1 is 1.11 bits per heavy atom. The minimum absolute atomic E-state index is 0.266. The van der Waals surface area contributed by atoms with Crippen LogP contribution in [0.15, 0.2) is 42.5 Å². The van der Waals surface area contributed by atoms with E-state index in [1.165, 1.54) is 12.1 Å². The maximum Gasteiger partial charge on any atom is 0.206 e. The van der Waals surface area contributed by atoms with Gasteiger partial charge in [0, 0.05) is 6.42 Å². The van der Waals surface area contributed by atoms with E-state index in [0.717, 1.165) is 11.6 Å². The van der Waals surface area contributed by atoms with E-state index < -0.39 is 23.5 Å². The number of carbonyl (C=O) groups excluding carboxylic acids is 1. The first-order chi connectivity index (χ1) is 9.16. The summed E-state index contributed by atoms with van der Waals surface area (Å²) in [4.78, 5) is 12.2. The quantitative estimate of drug-likeness (QED) is 0.775. The monoisotopic (exact) mass is 260 g/mol. The first kappa shape index (κ1) is 11.8. The highest BCUT2D eigenvalue weighted by Gasteiger charge is 2.31. The molecule has 3 rings (SSSR count). The van der Waals surface area contributed by atoms with Gasteiger partial charge in [0.05, 0.1) is 5.56 Å². The van der Waals surface area contributed by atoms with Gasteiger partial charge in [-0.1, -0.05) is 24.3 Å². The zero-order valence-electron chi connectivity index (χ0n) is 9.90. The Balaban J connectivity index is 1.89. The third-order valence-corrected chi connectivity index (χ3v) is 3.16. The van der Waals surface area contributed by atoms with Crippen molar-refractivity contribution >= 4 is 5.78 Å². The predicted octanol–water partition coefficient (Wildman–Crippen LogP) is 3.15. The van der Waals surface area contributed by atoms with E-state index in [4.69, 9.17) is 4.74 Å². The first-order valence-electron chi connectivity index (χ1n) is 5.89. The number of benzene rings is 2. The number of hydrogen-bond acceptors (Lipinski definition) is 2. The molecule has 2 aromatic carbocycles. The molecule has 0 amide bonds. The van der Waals surface area contributed by atoms with Crippen LogP contribution in [0.25, 0.3) is 0 Å². The summed E-state index contributed by atoms with van der Waals surface area (Å²) in [7, 11) is 0. The molecular formula is C15H10F2O2. The molecule has 1 atom stereocenters. The van der Waals surface area contributed by atoms with Gasteiger partial charge in [0.2, 0.25) is 5.78 Å². The Labute approximate surface area is 108 Å². The van der Waals surface area contributed by atoms with Crippen molar-refractivity contribution < 1.29 is 18.3 Å². The zero-order chi connectivity index (χ0) is 13.4. The summed E-state index contributed by atoms with van der Waals surface area (Å²) in [6.45, 7) is 0. The van der Waals surface area contributed by atoms with E-state index >= 15 is 0 Å². The summed E-state index contributed by atoms with van der Waals surface area (Å²) in [6.07, 6.45) is -0.404. The second-order valence-corrected chi connectivity index (χ2v) is 4.38. The van der Waals surface area contributed by atoms with Crippen LogP contribution in [0.5, 0.6) is 5.75 Å². The summed E-state index contributed by atoms with van der Waals surface area (Å²) >= 11 is 0. The van der Waals surface area contributed by atoms with Gasteiger partial charge in [0.15, 0.2) is 17.7 Å². The maximum absolute atomic E-state index is 13.6. The summed E-state index contributed by atoms with van der Waals surface area (Å²) in [5.74, 6) is -2.06. The van der Waals surface area contributed by atoms with E-state index in [9.17, 15) is 13.6 Å². The fourth-order valence-electron chi connectivity index (χ4n) is 2.20. The Hall–Kier alpha value is -2.23. The molecule has 19 heavy (non-hydrogen) atoms. The van der Waals surface area contributed by atoms with Crippen molar-refractivity contribution in [3.05, 3.63) is 65.2 Å². The zero-order valence-corrected chi connectivity index (χ0v) is 9.90. The molecule has 0 aromatic heterocycles. The van der Waals surface area contributed by atoms with Crippen molar-refractivity contribution in [1.29, 1.82) is 0 Å². The van der Waals surface area contributed by atoms with Crippen LogP contribution >= 0.6 is 0 Å². The van der Waals surface area contributed by atoms with Crippen LogP contribution < -0.4 is 4.74 Å². The molecule has 0 aliphatic carbocycles. The van der Waals surface area contributed by atoms with Gasteiger partial charge in [-0.3, -0.25) is 4.79 Å². The highest BCUT2D eigenvalue weighted by atomic mass is 19.2. The van der Waals surface area contributed by atoms with Crippen LogP contribution in [-0.4, -0.2) is 11.9 Å². The molecule has 0 spiro atoms. The molecule has 2 nitrogen and oxygen atoms in total. The molecule has 1 heterocycles. The van der Waals surface area contributed by atoms with Crippen molar-refractivity contribution in [3.8, 4) is 5.75 Å². The van der Waals surface area contributed by atoms with Gasteiger partial charge in [-0.25, -0.2) is 8.78 Å². The SMILES string of the molecule is O=C(c1cccc(F)c1F)C1Cc2ccccc2O1. The molecule has 4 heteroatoms. The predicted molar refractivity (Wildman–Crippen MR) is 65.3 cm³/mol. The highest BCUT2D eigenvalue weighted by Crippen LogP contribution is 2.30. The molecule has 0 bridgehead atoms. The third-order valence-electron chi connectivity index (χ3n) is 3.16. The normalized spacial score (nSPS) is 16.8. The number of carbonyl (C=O) groups is 1. The van der Waals surface area contributed by atoms with Crippen LogP contribution in [0, 0.1) is 11.6 Å². The second-order valence-electron chi connectivity index (χ2n) is 4.38. The third kappa shape index (κ3) is 1.99. The van der Waals surface area contributed by atoms with Gasteiger partial charge in [0.1, 0.15) is 5.75 Å². The smallest absolute Gasteiger partial charge is 0.206 e. The Morgan fingerprint density at radius 3 is 2.68 bits per heavy atom. The molecule has 0 N–H and O–H groups in total. The number of rotatable bonds is 2. The molecule has 96 valence electrons. The Kier molecular flexibility index (Phi) is 2.78. The van der Waals surface area contributed by atoms with Crippen molar-refractivity contribution in [2.24, 2.45) is 0 Å². The molecule has 1 aliphatic rings. The van der Waals surface area contributed by atoms with Gasteiger partial charge in [-0.2, -0.15) is 0 Å². The topological polar surface area (TPSA) is 26.3 Å². The number of ether oxygens (including phenoxy) is 1. The van der Waals surface area contributed by atoms with Gasteiger partial charge in [-0.05, 0) is 23.8 Å². The number of hydrogen-bond donors (Lipinski definition) is 0. The number of ketones is 1. The van der Waals surface area contributed by atoms with E-state index in [1.807, 2.05) is 12.1 Å². The molecule has 1 aliphatic heterocycles. The van der Waals surface area contributed by atoms with Crippen LogP contribution in [-0.2, 0) is 6.42 Å². The van der Waals surface area contributed by atoms with E-state index in [2.05, 4.69) is 0 Å². The molecule has 2 aromatic rings. The van der Waals surface area contributed by atoms with Crippen molar-refractivity contribution in [2.75, 3.05) is 0 Å². The average molecular weight is 260 g/mol. The lowest BCUT2D eigenvalue weighted by molar-refractivity contribution is 0.0819. The van der Waals surface area contributed by atoms with Crippen LogP contribution in [0.1, 0.15) is 15.9 Å². The number of fused-ring (bicyclic) bond motifs is 1. The van der Waals surface area contributed by atoms with Crippen molar-refractivity contribution in [1.82, 2.24) is 0 Å². The van der Waals surface area contributed by atoms with E-state index in [1.54, 1.807) is 12.1 Å². The van der Waals surface area contributed by atoms with Crippen molar-refractivity contribution in [3.63, 3.8) is 0 Å². The lowest BCUT2D eigenvalue weighted by Gasteiger charge is -2.10. The van der Waals surface area contributed by atoms with Crippen LogP contribution in [0.3, 0.4) is 0 Å². The Morgan fingerprint density at radius 2 is 1.89 bits per heavy atom.